The van der Waals surface area contributed by atoms with Crippen LogP contribution in [0.5, 0.6) is 0 Å². The quantitative estimate of drug-likeness (QED) is 0.151. The van der Waals surface area contributed by atoms with Crippen molar-refractivity contribution in [2.75, 3.05) is 38.0 Å². The molecule has 47 heavy (non-hydrogen) atoms. The standard InChI is InChI=1S/C31H35F2N6O7P/c1-9-44-30(41)19-13-38(8)28-17(27(19)40)10-16(12-35-28)18-14-39(15-45-47(42,43)46-31(2,3)4)29-23(26(18)37(6)7)22-24(33)20(32)11-21(34-5)25(22)36-29/h10-14,34H,9,15H2,1-8H3,(H,42,43). The summed E-state index contributed by atoms with van der Waals surface area (Å²) in [5.41, 5.74) is 0.0359. The average Bonchev–Trinajstić information content (AvgIpc) is 3.38. The third-order valence-electron chi connectivity index (χ3n) is 7.22. The molecule has 1 aromatic carbocycles. The van der Waals surface area contributed by atoms with Gasteiger partial charge in [0.25, 0.3) is 0 Å². The topological polar surface area (TPSA) is 150 Å². The Morgan fingerprint density at radius 2 is 1.89 bits per heavy atom. The molecule has 4 heterocycles. The third-order valence-corrected chi connectivity index (χ3v) is 8.44. The Morgan fingerprint density at radius 3 is 2.51 bits per heavy atom. The van der Waals surface area contributed by atoms with Gasteiger partial charge in [-0.2, -0.15) is 0 Å². The first-order chi connectivity index (χ1) is 22.0. The van der Waals surface area contributed by atoms with E-state index >= 15 is 4.39 Å². The Bertz CT molecular complexity index is 2120. The van der Waals surface area contributed by atoms with Crippen LogP contribution in [0.25, 0.3) is 44.5 Å². The van der Waals surface area contributed by atoms with Crippen LogP contribution in [0.15, 0.2) is 35.5 Å². The minimum absolute atomic E-state index is 0.0716. The molecule has 2 aliphatic heterocycles. The van der Waals surface area contributed by atoms with Crippen molar-refractivity contribution in [2.24, 2.45) is 7.05 Å². The van der Waals surface area contributed by atoms with Crippen molar-refractivity contribution >= 4 is 47.1 Å². The van der Waals surface area contributed by atoms with Gasteiger partial charge in [0.05, 0.1) is 45.4 Å². The number of carbonyl (C=O) groups is 1. The molecule has 0 bridgehead atoms. The molecular formula is C31H35F2N6O7P. The first-order valence-electron chi connectivity index (χ1n) is 14.5. The van der Waals surface area contributed by atoms with Crippen molar-refractivity contribution in [2.45, 2.75) is 40.0 Å². The summed E-state index contributed by atoms with van der Waals surface area (Å²) in [7, 11) is 1.94. The van der Waals surface area contributed by atoms with Gasteiger partial charge in [0.1, 0.15) is 23.8 Å². The van der Waals surface area contributed by atoms with Crippen LogP contribution < -0.4 is 15.6 Å². The van der Waals surface area contributed by atoms with Gasteiger partial charge in [0.15, 0.2) is 11.6 Å². The number of esters is 1. The molecule has 2 aliphatic rings. The predicted octanol–water partition coefficient (Wildman–Crippen LogP) is 5.51. The summed E-state index contributed by atoms with van der Waals surface area (Å²) in [4.78, 5) is 47.4. The number of carbonyl (C=O) groups excluding carboxylic acids is 1. The second-order valence-electron chi connectivity index (χ2n) is 12.0. The molecule has 0 radical (unpaired) electrons. The highest BCUT2D eigenvalue weighted by atomic mass is 31.2. The monoisotopic (exact) mass is 672 g/mol. The maximum atomic E-state index is 15.7. The smallest absolute Gasteiger partial charge is 0.462 e. The number of phosphoric acid groups is 1. The highest BCUT2D eigenvalue weighted by Gasteiger charge is 2.33. The van der Waals surface area contributed by atoms with Gasteiger partial charge in [0, 0.05) is 64.0 Å². The summed E-state index contributed by atoms with van der Waals surface area (Å²) < 4.78 is 62.1. The van der Waals surface area contributed by atoms with Crippen molar-refractivity contribution in [1.29, 1.82) is 0 Å². The summed E-state index contributed by atoms with van der Waals surface area (Å²) in [5.74, 6) is -2.94. The summed E-state index contributed by atoms with van der Waals surface area (Å²) >= 11 is 0. The van der Waals surface area contributed by atoms with Gasteiger partial charge in [0.2, 0.25) is 5.43 Å². The summed E-state index contributed by atoms with van der Waals surface area (Å²) in [6.07, 6.45) is 4.37. The van der Waals surface area contributed by atoms with Gasteiger partial charge < -0.3 is 29.0 Å². The van der Waals surface area contributed by atoms with Crippen molar-refractivity contribution < 1.29 is 36.8 Å². The number of ether oxygens (including phenoxy) is 1. The van der Waals surface area contributed by atoms with Crippen LogP contribution in [0.3, 0.4) is 0 Å². The zero-order valence-electron chi connectivity index (χ0n) is 27.1. The summed E-state index contributed by atoms with van der Waals surface area (Å²) in [5, 5.41) is 2.79. The number of rotatable bonds is 9. The summed E-state index contributed by atoms with van der Waals surface area (Å²) in [6, 6.07) is 2.52. The number of hydrogen-bond acceptors (Lipinski definition) is 10. The highest BCUT2D eigenvalue weighted by Crippen LogP contribution is 2.50. The largest absolute Gasteiger partial charge is 0.474 e. The number of nitrogens with zero attached hydrogens (tertiary/aromatic N) is 5. The lowest BCUT2D eigenvalue weighted by molar-refractivity contribution is 0.0484. The average molecular weight is 673 g/mol. The molecule has 0 spiro atoms. The Kier molecular flexibility index (Phi) is 8.88. The van der Waals surface area contributed by atoms with E-state index in [1.807, 2.05) is 0 Å². The fourth-order valence-electron chi connectivity index (χ4n) is 5.42. The minimum atomic E-state index is -4.61. The number of halogens is 2. The second-order valence-corrected chi connectivity index (χ2v) is 13.4. The molecule has 0 saturated carbocycles. The first-order valence-corrected chi connectivity index (χ1v) is 16.0. The van der Waals surface area contributed by atoms with E-state index in [2.05, 4.69) is 15.3 Å². The van der Waals surface area contributed by atoms with Crippen LogP contribution in [0.4, 0.5) is 20.2 Å². The van der Waals surface area contributed by atoms with Crippen molar-refractivity contribution in [1.82, 2.24) is 19.1 Å². The van der Waals surface area contributed by atoms with E-state index in [-0.39, 0.29) is 51.2 Å². The molecule has 0 amide bonds. The lowest BCUT2D eigenvalue weighted by atomic mass is 9.98. The van der Waals surface area contributed by atoms with Gasteiger partial charge in [-0.25, -0.2) is 28.1 Å². The fourth-order valence-corrected chi connectivity index (χ4v) is 6.43. The highest BCUT2D eigenvalue weighted by molar-refractivity contribution is 7.47. The Hall–Kier alpha value is -4.43. The molecule has 13 nitrogen and oxygen atoms in total. The molecule has 1 unspecified atom stereocenters. The van der Waals surface area contributed by atoms with Crippen LogP contribution in [-0.2, 0) is 32.1 Å². The number of benzene rings is 1. The van der Waals surface area contributed by atoms with Gasteiger partial charge >= 0.3 is 13.8 Å². The fraction of sp³-hybridized carbons (Fsp3) is 0.355. The normalized spacial score (nSPS) is 13.3. The molecule has 2 aromatic heterocycles. The molecule has 1 atom stereocenters. The number of anilines is 2. The van der Waals surface area contributed by atoms with E-state index < -0.39 is 43.2 Å². The molecule has 5 rings (SSSR count). The molecule has 2 N–H and O–H groups in total. The SMILES string of the molecule is CCOC(=O)c1cn(C)c2ncc(-c3cn(COP(=O)(O)OC(C)(C)C)c4nc5c(NC)cc(F)c(F)c5c-4c3N(C)C)cc2c1=O. The van der Waals surface area contributed by atoms with Crippen molar-refractivity contribution in [3.8, 4) is 22.5 Å². The van der Waals surface area contributed by atoms with Gasteiger partial charge in [-0.15, -0.1) is 0 Å². The van der Waals surface area contributed by atoms with E-state index in [9.17, 15) is 23.4 Å². The van der Waals surface area contributed by atoms with E-state index in [0.29, 0.717) is 16.8 Å². The van der Waals surface area contributed by atoms with Crippen molar-refractivity contribution in [3.05, 3.63) is 58.1 Å². The number of aryl methyl sites for hydroxylation is 1. The summed E-state index contributed by atoms with van der Waals surface area (Å²) in [6.45, 7) is 5.87. The van der Waals surface area contributed by atoms with Crippen molar-refractivity contribution in [3.63, 3.8) is 0 Å². The molecule has 3 aromatic rings. The Morgan fingerprint density at radius 1 is 1.19 bits per heavy atom. The number of fused-ring (bicyclic) bond motifs is 4. The second kappa shape index (κ2) is 12.3. The van der Waals surface area contributed by atoms with Crippen LogP contribution in [0.2, 0.25) is 0 Å². The molecule has 0 aliphatic carbocycles. The molecule has 16 heteroatoms. The number of nitrogens with one attached hydrogen (secondary N) is 1. The van der Waals surface area contributed by atoms with E-state index in [0.717, 1.165) is 6.07 Å². The molecular weight excluding hydrogens is 637 g/mol. The number of pyridine rings is 3. The maximum absolute atomic E-state index is 15.7. The van der Waals surface area contributed by atoms with Gasteiger partial charge in [-0.3, -0.25) is 13.8 Å². The predicted molar refractivity (Wildman–Crippen MR) is 174 cm³/mol. The van der Waals surface area contributed by atoms with Crippen LogP contribution in [0, 0.1) is 11.6 Å². The lowest BCUT2D eigenvalue weighted by Crippen LogP contribution is -2.21. The minimum Gasteiger partial charge on any atom is -0.462 e. The molecule has 0 saturated heterocycles. The Balaban J connectivity index is 1.85. The number of phosphoric ester groups is 1. The van der Waals surface area contributed by atoms with E-state index in [4.69, 9.17) is 13.8 Å². The lowest BCUT2D eigenvalue weighted by Gasteiger charge is -2.26. The third kappa shape index (κ3) is 6.31. The zero-order valence-corrected chi connectivity index (χ0v) is 28.0. The van der Waals surface area contributed by atoms with Crippen LogP contribution >= 0.6 is 7.82 Å². The van der Waals surface area contributed by atoms with Gasteiger partial charge in [-0.1, -0.05) is 0 Å². The van der Waals surface area contributed by atoms with Gasteiger partial charge in [-0.05, 0) is 33.8 Å². The molecule has 0 fully saturated rings. The van der Waals surface area contributed by atoms with Crippen LogP contribution in [-0.4, -0.2) is 63.3 Å². The van der Waals surface area contributed by atoms with E-state index in [1.165, 1.54) is 33.8 Å². The number of hydrogen-bond donors (Lipinski definition) is 2. The Labute approximate surface area is 268 Å². The maximum Gasteiger partial charge on any atom is 0.474 e. The van der Waals surface area contributed by atoms with Crippen LogP contribution in [0.1, 0.15) is 38.1 Å². The molecule has 250 valence electrons. The first kappa shape index (κ1) is 33.9. The zero-order chi connectivity index (χ0) is 34.6. The van der Waals surface area contributed by atoms with E-state index in [1.54, 1.807) is 60.8 Å². The number of aromatic nitrogens is 4.